The lowest BCUT2D eigenvalue weighted by atomic mass is 9.92. The Hall–Kier alpha value is -9.08. The number of hydrogen-bond acceptors (Lipinski definition) is 4. The van der Waals surface area contributed by atoms with E-state index in [1.54, 1.807) is 24.3 Å². The van der Waals surface area contributed by atoms with E-state index in [1.165, 1.54) is 45.7 Å². The van der Waals surface area contributed by atoms with E-state index in [-0.39, 0.29) is 11.6 Å². The van der Waals surface area contributed by atoms with Crippen LogP contribution in [0.4, 0.5) is 8.78 Å². The molecule has 6 heterocycles. The van der Waals surface area contributed by atoms with Gasteiger partial charge in [-0.15, -0.1) is 22.7 Å². The van der Waals surface area contributed by atoms with Crippen molar-refractivity contribution in [1.29, 1.82) is 0 Å². The highest BCUT2D eigenvalue weighted by molar-refractivity contribution is 7.26. The van der Waals surface area contributed by atoms with E-state index >= 15 is 8.78 Å². The normalized spacial score (nSPS) is 14.1. The van der Waals surface area contributed by atoms with E-state index in [1.807, 2.05) is 34.8 Å². The minimum atomic E-state index is -0.234. The number of pyridine rings is 2. The van der Waals surface area contributed by atoms with Crippen molar-refractivity contribution in [3.63, 3.8) is 0 Å². The molecule has 10 aromatic carbocycles. The number of halogens is 2. The van der Waals surface area contributed by atoms with Crippen LogP contribution in [0.15, 0.2) is 206 Å². The third-order valence-corrected chi connectivity index (χ3v) is 19.6. The van der Waals surface area contributed by atoms with E-state index < -0.39 is 0 Å². The number of thiophene rings is 2. The highest BCUT2D eigenvalue weighted by atomic mass is 32.1. The second-order valence-corrected chi connectivity index (χ2v) is 24.4. The van der Waals surface area contributed by atoms with Crippen LogP contribution < -0.4 is 0 Å². The summed E-state index contributed by atoms with van der Waals surface area (Å²) >= 11 is 3.64. The molecule has 16 aromatic rings. The van der Waals surface area contributed by atoms with Gasteiger partial charge >= 0.3 is 0 Å². The van der Waals surface area contributed by atoms with Crippen molar-refractivity contribution in [2.45, 2.75) is 37.5 Å². The van der Waals surface area contributed by atoms with Crippen LogP contribution in [0.25, 0.3) is 150 Å². The minimum absolute atomic E-state index is 0.234. The van der Waals surface area contributed by atoms with Gasteiger partial charge in [0.25, 0.3) is 0 Å². The van der Waals surface area contributed by atoms with Crippen LogP contribution in [-0.2, 0) is 0 Å². The van der Waals surface area contributed by atoms with E-state index in [2.05, 4.69) is 179 Å². The van der Waals surface area contributed by atoms with Crippen LogP contribution in [0.2, 0.25) is 0 Å². The molecule has 0 atom stereocenters. The van der Waals surface area contributed by atoms with Crippen molar-refractivity contribution in [2.24, 2.45) is 0 Å². The Balaban J connectivity index is 0.805. The quantitative estimate of drug-likeness (QED) is 0.159. The summed E-state index contributed by atoms with van der Waals surface area (Å²) in [5.41, 5.74) is 14.8. The first-order valence-electron chi connectivity index (χ1n) is 27.6. The second kappa shape index (κ2) is 16.7. The van der Waals surface area contributed by atoms with Gasteiger partial charge < -0.3 is 0 Å². The fourth-order valence-corrected chi connectivity index (χ4v) is 15.4. The molecule has 0 aliphatic heterocycles. The number of aromatic nitrogens is 4. The summed E-state index contributed by atoms with van der Waals surface area (Å²) in [5, 5.41) is 24.5. The van der Waals surface area contributed by atoms with E-state index in [0.717, 1.165) is 142 Å². The number of fused-ring (bicyclic) bond motifs is 14. The fraction of sp³-hybridized carbons (Fsp3) is 0.0833. The summed E-state index contributed by atoms with van der Waals surface area (Å²) in [6, 6.07) is 72.6. The van der Waals surface area contributed by atoms with Crippen molar-refractivity contribution in [2.75, 3.05) is 0 Å². The molecule has 4 nitrogen and oxygen atoms in total. The molecule has 0 saturated heterocycles. The summed E-state index contributed by atoms with van der Waals surface area (Å²) < 4.78 is 39.4. The average Bonchev–Trinajstić information content (AvgIpc) is 4.50. The number of hydrogen-bond donors (Lipinski definition) is 0. The SMILES string of the molecule is Fc1ccc2c(c1)cc(C1CC1)n1nc(-c3ccc4cccc(-c5ccc6c(c5)sc5ccc(-c7c(-c8ccc9ccccc9c8)nn8c(C9CC9)cc9cc(F)ccc9c78)cc56)c4c3)c(-c3ccc4c(c3)sc3ccccc34)c21. The lowest BCUT2D eigenvalue weighted by Gasteiger charge is -2.11. The van der Waals surface area contributed by atoms with Gasteiger partial charge in [0, 0.05) is 96.6 Å². The van der Waals surface area contributed by atoms with Crippen LogP contribution in [0.3, 0.4) is 0 Å². The molecule has 2 aliphatic rings. The number of nitrogens with zero attached hydrogens (tertiary/aromatic N) is 4. The molecule has 0 N–H and O–H groups in total. The molecule has 8 heteroatoms. The Kier molecular flexibility index (Phi) is 9.38. The van der Waals surface area contributed by atoms with Crippen LogP contribution in [0, 0.1) is 11.6 Å². The maximum absolute atomic E-state index is 15.1. The predicted octanol–water partition coefficient (Wildman–Crippen LogP) is 20.7. The molecule has 0 bridgehead atoms. The first kappa shape index (κ1) is 44.9. The zero-order chi connectivity index (χ0) is 52.5. The first-order valence-corrected chi connectivity index (χ1v) is 29.2. The predicted molar refractivity (Wildman–Crippen MR) is 331 cm³/mol. The Bertz CT molecular complexity index is 5380. The lowest BCUT2D eigenvalue weighted by molar-refractivity contribution is 0.629. The van der Waals surface area contributed by atoms with Gasteiger partial charge in [-0.3, -0.25) is 0 Å². The van der Waals surface area contributed by atoms with Crippen molar-refractivity contribution in [3.8, 4) is 55.9 Å². The van der Waals surface area contributed by atoms with Gasteiger partial charge in [0.1, 0.15) is 23.0 Å². The molecule has 2 saturated carbocycles. The largest absolute Gasteiger partial charge is 0.236 e. The van der Waals surface area contributed by atoms with Crippen LogP contribution in [0.5, 0.6) is 0 Å². The Morgan fingerprint density at radius 2 is 0.838 bits per heavy atom. The van der Waals surface area contributed by atoms with Gasteiger partial charge in [-0.2, -0.15) is 10.2 Å². The van der Waals surface area contributed by atoms with Crippen LogP contribution in [0.1, 0.15) is 48.9 Å². The molecule has 2 aliphatic carbocycles. The van der Waals surface area contributed by atoms with Gasteiger partial charge in [-0.1, -0.05) is 115 Å². The van der Waals surface area contributed by atoms with E-state index in [0.29, 0.717) is 11.8 Å². The van der Waals surface area contributed by atoms with E-state index in [4.69, 9.17) is 10.2 Å². The highest BCUT2D eigenvalue weighted by Gasteiger charge is 2.32. The first-order chi connectivity index (χ1) is 39.4. The molecule has 0 radical (unpaired) electrons. The highest BCUT2D eigenvalue weighted by Crippen LogP contribution is 2.50. The van der Waals surface area contributed by atoms with Crippen LogP contribution in [-0.4, -0.2) is 19.2 Å². The number of benzene rings is 10. The summed E-state index contributed by atoms with van der Waals surface area (Å²) in [5.74, 6) is 0.297. The summed E-state index contributed by atoms with van der Waals surface area (Å²) in [6.07, 6.45) is 4.38. The Morgan fingerprint density at radius 1 is 0.338 bits per heavy atom. The lowest BCUT2D eigenvalue weighted by Crippen LogP contribution is -1.98. The van der Waals surface area contributed by atoms with Gasteiger partial charge in [0.15, 0.2) is 0 Å². The zero-order valence-corrected chi connectivity index (χ0v) is 44.6. The van der Waals surface area contributed by atoms with Gasteiger partial charge in [0.05, 0.1) is 11.0 Å². The maximum Gasteiger partial charge on any atom is 0.123 e. The smallest absolute Gasteiger partial charge is 0.123 e. The molecule has 0 amide bonds. The molecule has 0 spiro atoms. The Labute approximate surface area is 465 Å². The standard InChI is InChI=1S/C72H44F2N4S2/c73-51-23-27-54-49(31-51)35-61(41-14-15-41)77-71(54)67(69(75-77)47-18-12-39-6-1-2-7-43(39)30-47)45-22-29-64-60(33-45)58-25-20-44(37-65(58)80-64)53-10-5-8-40-13-19-48(34-59(40)53)70-68(46-21-26-57-56-9-3-4-11-63(56)79-66(57)38-46)72-55-28-24-52(74)32-50(55)36-62(42-16-17-42)78(72)76-70/h1-13,18-38,41-42H,14-17H2. The summed E-state index contributed by atoms with van der Waals surface area (Å²) in [7, 11) is 0. The zero-order valence-electron chi connectivity index (χ0n) is 43.0. The fourth-order valence-electron chi connectivity index (χ4n) is 13.2. The van der Waals surface area contributed by atoms with Gasteiger partial charge in [0.2, 0.25) is 0 Å². The minimum Gasteiger partial charge on any atom is -0.236 e. The molecule has 0 unspecified atom stereocenters. The molecular weight excluding hydrogens is 1020 g/mol. The maximum atomic E-state index is 15.1. The molecule has 2 fully saturated rings. The molecular formula is C72H44F2N4S2. The van der Waals surface area contributed by atoms with Gasteiger partial charge in [-0.05, 0) is 171 Å². The molecule has 18 rings (SSSR count). The summed E-state index contributed by atoms with van der Waals surface area (Å²) in [6.45, 7) is 0. The number of rotatable bonds is 7. The summed E-state index contributed by atoms with van der Waals surface area (Å²) in [4.78, 5) is 0. The van der Waals surface area contributed by atoms with E-state index in [9.17, 15) is 0 Å². The van der Waals surface area contributed by atoms with Crippen molar-refractivity contribution >= 4 is 117 Å². The van der Waals surface area contributed by atoms with Crippen molar-refractivity contribution in [3.05, 3.63) is 229 Å². The van der Waals surface area contributed by atoms with Gasteiger partial charge in [-0.25, -0.2) is 17.8 Å². The topological polar surface area (TPSA) is 34.6 Å². The molecule has 80 heavy (non-hydrogen) atoms. The molecule has 378 valence electrons. The Morgan fingerprint density at radius 3 is 1.52 bits per heavy atom. The monoisotopic (exact) mass is 1070 g/mol. The molecule has 6 aromatic heterocycles. The third kappa shape index (κ3) is 6.82. The van der Waals surface area contributed by atoms with Crippen LogP contribution >= 0.6 is 22.7 Å². The average molecular weight is 1070 g/mol. The second-order valence-electron chi connectivity index (χ2n) is 22.3. The van der Waals surface area contributed by atoms with Crippen molar-refractivity contribution in [1.82, 2.24) is 19.2 Å². The van der Waals surface area contributed by atoms with Crippen molar-refractivity contribution < 1.29 is 8.78 Å². The third-order valence-electron chi connectivity index (χ3n) is 17.3.